The predicted octanol–water partition coefficient (Wildman–Crippen LogP) is 6.30. The molecule has 0 fully saturated rings. The van der Waals surface area contributed by atoms with E-state index < -0.39 is 10.0 Å². The maximum atomic E-state index is 13.6. The first kappa shape index (κ1) is 27.2. The molecule has 8 heteroatoms. The number of hydrogen-bond acceptors (Lipinski definition) is 4. The Hall–Kier alpha value is -3.81. The number of hydrogen-bond donors (Lipinski definition) is 1. The van der Waals surface area contributed by atoms with Gasteiger partial charge in [-0.05, 0) is 73.5 Å². The Balaban J connectivity index is 1.47. The van der Waals surface area contributed by atoms with Crippen LogP contribution in [0.25, 0.3) is 0 Å². The third kappa shape index (κ3) is 6.94. The predicted molar refractivity (Wildman–Crippen MR) is 151 cm³/mol. The van der Waals surface area contributed by atoms with Crippen LogP contribution in [0, 0.1) is 6.92 Å². The van der Waals surface area contributed by atoms with Gasteiger partial charge in [-0.1, -0.05) is 71.8 Å². The summed E-state index contributed by atoms with van der Waals surface area (Å²) in [6.07, 6.45) is 0. The van der Waals surface area contributed by atoms with Crippen molar-refractivity contribution in [2.24, 2.45) is 0 Å². The molecule has 1 amide bonds. The maximum absolute atomic E-state index is 13.6. The fourth-order valence-corrected chi connectivity index (χ4v) is 5.46. The lowest BCUT2D eigenvalue weighted by Crippen LogP contribution is -2.31. The van der Waals surface area contributed by atoms with E-state index in [9.17, 15) is 13.2 Å². The van der Waals surface area contributed by atoms with Gasteiger partial charge in [0.15, 0.2) is 6.61 Å². The molecular weight excluding hydrogens is 520 g/mol. The summed E-state index contributed by atoms with van der Waals surface area (Å²) in [5, 5.41) is 3.52. The molecule has 6 nitrogen and oxygen atoms in total. The molecule has 4 aromatic carbocycles. The molecule has 0 radical (unpaired) electrons. The highest BCUT2D eigenvalue weighted by molar-refractivity contribution is 7.92. The van der Waals surface area contributed by atoms with Gasteiger partial charge in [0.05, 0.1) is 23.2 Å². The summed E-state index contributed by atoms with van der Waals surface area (Å²) >= 11 is 5.93. The zero-order valence-electron chi connectivity index (χ0n) is 21.2. The summed E-state index contributed by atoms with van der Waals surface area (Å²) < 4.78 is 34.3. The second-order valence-electron chi connectivity index (χ2n) is 8.93. The maximum Gasteiger partial charge on any atom is 0.264 e. The van der Waals surface area contributed by atoms with Gasteiger partial charge in [-0.15, -0.1) is 0 Å². The first-order chi connectivity index (χ1) is 18.2. The largest absolute Gasteiger partial charge is 0.484 e. The zero-order valence-corrected chi connectivity index (χ0v) is 22.7. The van der Waals surface area contributed by atoms with Crippen molar-refractivity contribution in [3.05, 3.63) is 125 Å². The first-order valence-corrected chi connectivity index (χ1v) is 14.0. The standard InChI is InChI=1S/C30H29ClN2O4S/c1-22-8-18-29(19-9-22)38(35,36)33(20-24-6-4-3-5-7-24)27-14-16-28(17-15-27)37-21-30(34)32-23(2)25-10-12-26(31)13-11-25/h3-19,23H,20-21H2,1-2H3,(H,32,34)/t23-/m0/s1. The van der Waals surface area contributed by atoms with Gasteiger partial charge in [-0.25, -0.2) is 8.42 Å². The lowest BCUT2D eigenvalue weighted by atomic mass is 10.1. The Labute approximate surface area is 228 Å². The highest BCUT2D eigenvalue weighted by Gasteiger charge is 2.25. The normalized spacial score (nSPS) is 12.0. The van der Waals surface area contributed by atoms with Crippen molar-refractivity contribution in [2.75, 3.05) is 10.9 Å². The molecule has 0 aromatic heterocycles. The average Bonchev–Trinajstić information content (AvgIpc) is 2.92. The molecule has 196 valence electrons. The molecule has 4 aromatic rings. The number of ether oxygens (including phenoxy) is 1. The van der Waals surface area contributed by atoms with Crippen molar-refractivity contribution < 1.29 is 17.9 Å². The third-order valence-corrected chi connectivity index (χ3v) is 8.06. The molecule has 1 N–H and O–H groups in total. The monoisotopic (exact) mass is 548 g/mol. The number of halogens is 1. The van der Waals surface area contributed by atoms with E-state index in [-0.39, 0.29) is 30.0 Å². The zero-order chi connectivity index (χ0) is 27.1. The fraction of sp³-hybridized carbons (Fsp3) is 0.167. The Bertz CT molecular complexity index is 1460. The van der Waals surface area contributed by atoms with E-state index in [0.29, 0.717) is 16.5 Å². The van der Waals surface area contributed by atoms with E-state index in [1.807, 2.05) is 56.3 Å². The first-order valence-electron chi connectivity index (χ1n) is 12.1. The van der Waals surface area contributed by atoms with E-state index in [4.69, 9.17) is 16.3 Å². The van der Waals surface area contributed by atoms with Crippen LogP contribution in [0.3, 0.4) is 0 Å². The molecule has 0 saturated heterocycles. The second-order valence-corrected chi connectivity index (χ2v) is 11.2. The topological polar surface area (TPSA) is 75.7 Å². The number of benzene rings is 4. The Morgan fingerprint density at radius 3 is 2.16 bits per heavy atom. The van der Waals surface area contributed by atoms with Crippen molar-refractivity contribution in [3.8, 4) is 5.75 Å². The lowest BCUT2D eigenvalue weighted by Gasteiger charge is -2.25. The van der Waals surface area contributed by atoms with Crippen LogP contribution in [0.15, 0.2) is 108 Å². The van der Waals surface area contributed by atoms with Crippen molar-refractivity contribution in [1.29, 1.82) is 0 Å². The Morgan fingerprint density at radius 2 is 1.53 bits per heavy atom. The van der Waals surface area contributed by atoms with Crippen molar-refractivity contribution in [2.45, 2.75) is 31.3 Å². The Kier molecular flexibility index (Phi) is 8.71. The summed E-state index contributed by atoms with van der Waals surface area (Å²) in [5.74, 6) is 0.180. The van der Waals surface area contributed by atoms with E-state index >= 15 is 0 Å². The summed E-state index contributed by atoms with van der Waals surface area (Å²) in [5.41, 5.74) is 3.25. The molecule has 0 aliphatic carbocycles. The van der Waals surface area contributed by atoms with E-state index in [1.54, 1.807) is 60.7 Å². The highest BCUT2D eigenvalue weighted by atomic mass is 35.5. The third-order valence-electron chi connectivity index (χ3n) is 6.02. The van der Waals surface area contributed by atoms with E-state index in [0.717, 1.165) is 16.7 Å². The van der Waals surface area contributed by atoms with Gasteiger partial charge >= 0.3 is 0 Å². The minimum atomic E-state index is -3.83. The highest BCUT2D eigenvalue weighted by Crippen LogP contribution is 2.28. The van der Waals surface area contributed by atoms with Crippen LogP contribution in [-0.4, -0.2) is 20.9 Å². The van der Waals surface area contributed by atoms with Crippen LogP contribution in [0.5, 0.6) is 5.75 Å². The number of anilines is 1. The van der Waals surface area contributed by atoms with Crippen LogP contribution in [0.1, 0.15) is 29.7 Å². The molecule has 38 heavy (non-hydrogen) atoms. The number of nitrogens with zero attached hydrogens (tertiary/aromatic N) is 1. The summed E-state index contributed by atoms with van der Waals surface area (Å²) in [7, 11) is -3.83. The molecular formula is C30H29ClN2O4S. The van der Waals surface area contributed by atoms with Crippen molar-refractivity contribution in [3.63, 3.8) is 0 Å². The quantitative estimate of drug-likeness (QED) is 0.252. The van der Waals surface area contributed by atoms with Crippen LogP contribution in [-0.2, 0) is 21.4 Å². The van der Waals surface area contributed by atoms with Gasteiger partial charge in [-0.3, -0.25) is 9.10 Å². The van der Waals surface area contributed by atoms with Gasteiger partial charge < -0.3 is 10.1 Å². The van der Waals surface area contributed by atoms with Gasteiger partial charge in [0.2, 0.25) is 0 Å². The summed E-state index contributed by atoms with van der Waals surface area (Å²) in [4.78, 5) is 12.6. The molecule has 0 heterocycles. The van der Waals surface area contributed by atoms with E-state index in [2.05, 4.69) is 5.32 Å². The molecule has 0 aliphatic rings. The van der Waals surface area contributed by atoms with Crippen LogP contribution in [0.4, 0.5) is 5.69 Å². The number of aryl methyl sites for hydroxylation is 1. The molecule has 0 aliphatic heterocycles. The second kappa shape index (κ2) is 12.2. The number of nitrogens with one attached hydrogen (secondary N) is 1. The van der Waals surface area contributed by atoms with E-state index in [1.165, 1.54) is 4.31 Å². The fourth-order valence-electron chi connectivity index (χ4n) is 3.88. The van der Waals surface area contributed by atoms with Gasteiger partial charge in [0, 0.05) is 5.02 Å². The molecule has 0 bridgehead atoms. The average molecular weight is 549 g/mol. The lowest BCUT2D eigenvalue weighted by molar-refractivity contribution is -0.123. The van der Waals surface area contributed by atoms with Gasteiger partial charge in [0.25, 0.3) is 15.9 Å². The van der Waals surface area contributed by atoms with Crippen molar-refractivity contribution in [1.82, 2.24) is 5.32 Å². The van der Waals surface area contributed by atoms with Gasteiger partial charge in [-0.2, -0.15) is 0 Å². The number of amides is 1. The summed E-state index contributed by atoms with van der Waals surface area (Å²) in [6, 6.07) is 30.0. The van der Waals surface area contributed by atoms with Crippen molar-refractivity contribution >= 4 is 33.2 Å². The molecule has 4 rings (SSSR count). The Morgan fingerprint density at radius 1 is 0.895 bits per heavy atom. The summed E-state index contributed by atoms with van der Waals surface area (Å²) in [6.45, 7) is 3.79. The molecule has 0 spiro atoms. The molecule has 1 atom stereocenters. The number of sulfonamides is 1. The number of rotatable bonds is 10. The number of carbonyl (C=O) groups excluding carboxylic acids is 1. The SMILES string of the molecule is Cc1ccc(S(=O)(=O)N(Cc2ccccc2)c2ccc(OCC(=O)N[C@@H](C)c3ccc(Cl)cc3)cc2)cc1. The van der Waals surface area contributed by atoms with Crippen LogP contribution >= 0.6 is 11.6 Å². The number of carbonyl (C=O) groups is 1. The minimum absolute atomic E-state index is 0.169. The molecule has 0 unspecified atom stereocenters. The van der Waals surface area contributed by atoms with Crippen LogP contribution in [0.2, 0.25) is 5.02 Å². The van der Waals surface area contributed by atoms with Gasteiger partial charge in [0.1, 0.15) is 5.75 Å². The smallest absolute Gasteiger partial charge is 0.264 e. The molecule has 0 saturated carbocycles. The van der Waals surface area contributed by atoms with Crippen LogP contribution < -0.4 is 14.4 Å². The minimum Gasteiger partial charge on any atom is -0.484 e.